The van der Waals surface area contributed by atoms with Crippen molar-refractivity contribution in [2.24, 2.45) is 0 Å². The molecule has 0 amide bonds. The highest BCUT2D eigenvalue weighted by molar-refractivity contribution is 5.62. The van der Waals surface area contributed by atoms with Crippen molar-refractivity contribution >= 4 is 12.3 Å². The van der Waals surface area contributed by atoms with Crippen LogP contribution >= 0.6 is 0 Å². The molecule has 0 spiro atoms. The molecule has 7 heteroatoms. The van der Waals surface area contributed by atoms with Gasteiger partial charge >= 0.3 is 6.18 Å². The first-order valence-corrected chi connectivity index (χ1v) is 7.30. The normalized spacial score (nSPS) is 20.3. The Balaban J connectivity index is 2.08. The molecule has 0 radical (unpaired) electrons. The molecule has 3 rings (SSSR count). The number of aromatic nitrogens is 1. The number of fused-ring (bicyclic) bond motifs is 1. The van der Waals surface area contributed by atoms with Gasteiger partial charge in [0.2, 0.25) is 0 Å². The average molecular weight is 343 g/mol. The van der Waals surface area contributed by atoms with Crippen molar-refractivity contribution in [2.45, 2.75) is 31.0 Å². The summed E-state index contributed by atoms with van der Waals surface area (Å²) in [6.45, 7) is 0. The Hall–Kier alpha value is -2.15. The minimum Gasteiger partial charge on any atom is -0.382 e. The molecule has 2 aromatic rings. The van der Waals surface area contributed by atoms with Gasteiger partial charge in [-0.1, -0.05) is 30.3 Å². The summed E-state index contributed by atoms with van der Waals surface area (Å²) < 4.78 is 68.0. The van der Waals surface area contributed by atoms with Gasteiger partial charge in [0.25, 0.3) is 5.92 Å². The van der Waals surface area contributed by atoms with Crippen molar-refractivity contribution < 1.29 is 27.1 Å². The average Bonchev–Trinajstić information content (AvgIpc) is 2.89. The molecule has 0 aliphatic heterocycles. The van der Waals surface area contributed by atoms with Crippen LogP contribution in [0.25, 0.3) is 12.3 Å². The second-order valence-corrected chi connectivity index (χ2v) is 5.70. The number of rotatable bonds is 2. The lowest BCUT2D eigenvalue weighted by Gasteiger charge is -2.29. The minimum atomic E-state index is -4.82. The highest BCUT2D eigenvalue weighted by Gasteiger charge is 2.49. The summed E-state index contributed by atoms with van der Waals surface area (Å²) in [7, 11) is 0. The maximum absolute atomic E-state index is 13.7. The highest BCUT2D eigenvalue weighted by Crippen LogP contribution is 2.47. The summed E-state index contributed by atoms with van der Waals surface area (Å²) in [6, 6.07) is 8.88. The molecule has 1 aliphatic carbocycles. The molecule has 0 fully saturated rings. The van der Waals surface area contributed by atoms with Crippen LogP contribution in [0.3, 0.4) is 0 Å². The van der Waals surface area contributed by atoms with Crippen LogP contribution in [0, 0.1) is 0 Å². The summed E-state index contributed by atoms with van der Waals surface area (Å²) >= 11 is 0. The third kappa shape index (κ3) is 2.96. The van der Waals surface area contributed by atoms with Crippen LogP contribution in [0.1, 0.15) is 34.9 Å². The maximum Gasteiger partial charge on any atom is 0.418 e. The summed E-state index contributed by atoms with van der Waals surface area (Å²) in [5, 5.41) is 9.74. The zero-order chi connectivity index (χ0) is 17.5. The third-order valence-corrected chi connectivity index (χ3v) is 4.08. The molecule has 1 unspecified atom stereocenters. The lowest BCUT2D eigenvalue weighted by Crippen LogP contribution is -2.33. The van der Waals surface area contributed by atoms with Crippen molar-refractivity contribution in [3.8, 4) is 0 Å². The van der Waals surface area contributed by atoms with Crippen LogP contribution in [0.5, 0.6) is 0 Å². The van der Waals surface area contributed by atoms with Crippen LogP contribution in [-0.2, 0) is 12.6 Å². The highest BCUT2D eigenvalue weighted by atomic mass is 19.4. The van der Waals surface area contributed by atoms with E-state index in [-0.39, 0.29) is 12.1 Å². The van der Waals surface area contributed by atoms with Gasteiger partial charge < -0.3 is 9.67 Å². The van der Waals surface area contributed by atoms with E-state index in [2.05, 4.69) is 0 Å². The Morgan fingerprint density at radius 1 is 1.17 bits per heavy atom. The van der Waals surface area contributed by atoms with E-state index < -0.39 is 35.8 Å². The van der Waals surface area contributed by atoms with Crippen molar-refractivity contribution in [1.29, 1.82) is 0 Å². The van der Waals surface area contributed by atoms with Crippen molar-refractivity contribution in [1.82, 2.24) is 4.57 Å². The molecule has 24 heavy (non-hydrogen) atoms. The van der Waals surface area contributed by atoms with E-state index in [4.69, 9.17) is 0 Å². The molecule has 1 aromatic heterocycles. The van der Waals surface area contributed by atoms with E-state index in [0.717, 1.165) is 11.8 Å². The predicted octanol–water partition coefficient (Wildman–Crippen LogP) is 4.75. The first-order chi connectivity index (χ1) is 11.2. The van der Waals surface area contributed by atoms with E-state index in [9.17, 15) is 27.1 Å². The predicted molar refractivity (Wildman–Crippen MR) is 79.3 cm³/mol. The standard InChI is InChI=1S/C17H14F5NO/c18-16(19)8-6-13-14(15(16)24)12(17(20,21)22)10-23(13)9-7-11-4-2-1-3-5-11/h1-5,7,9-10,15,24H,6,8H2/b9-7+. The van der Waals surface area contributed by atoms with E-state index in [1.165, 1.54) is 10.8 Å². The number of halogens is 5. The summed E-state index contributed by atoms with van der Waals surface area (Å²) in [5.74, 6) is -3.57. The van der Waals surface area contributed by atoms with Gasteiger partial charge in [0.05, 0.1) is 5.56 Å². The summed E-state index contributed by atoms with van der Waals surface area (Å²) in [4.78, 5) is 0. The van der Waals surface area contributed by atoms with Gasteiger partial charge in [-0.15, -0.1) is 0 Å². The van der Waals surface area contributed by atoms with Gasteiger partial charge in [-0.3, -0.25) is 0 Å². The van der Waals surface area contributed by atoms with Crippen LogP contribution in [-0.4, -0.2) is 15.6 Å². The molecule has 1 aliphatic rings. The smallest absolute Gasteiger partial charge is 0.382 e. The number of aliphatic hydroxyl groups is 1. The Labute approximate surface area is 134 Å². The van der Waals surface area contributed by atoms with Gasteiger partial charge in [0.1, 0.15) is 6.10 Å². The molecule has 0 saturated heterocycles. The molecule has 1 N–H and O–H groups in total. The molecule has 0 saturated carbocycles. The van der Waals surface area contributed by atoms with Gasteiger partial charge in [0.15, 0.2) is 0 Å². The van der Waals surface area contributed by atoms with Gasteiger partial charge in [-0.05, 0) is 18.1 Å². The third-order valence-electron chi connectivity index (χ3n) is 4.08. The van der Waals surface area contributed by atoms with Gasteiger partial charge in [-0.2, -0.15) is 13.2 Å². The zero-order valence-electron chi connectivity index (χ0n) is 12.4. The first kappa shape index (κ1) is 16.7. The fourth-order valence-electron chi connectivity index (χ4n) is 2.87. The minimum absolute atomic E-state index is 0.0629. The number of hydrogen-bond acceptors (Lipinski definition) is 1. The molecule has 128 valence electrons. The quantitative estimate of drug-likeness (QED) is 0.782. The number of benzene rings is 1. The van der Waals surface area contributed by atoms with Gasteiger partial charge in [0, 0.05) is 30.1 Å². The van der Waals surface area contributed by atoms with E-state index in [0.29, 0.717) is 0 Å². The van der Waals surface area contributed by atoms with E-state index in [1.54, 1.807) is 36.4 Å². The Kier molecular flexibility index (Phi) is 3.99. The van der Waals surface area contributed by atoms with Crippen LogP contribution in [0.15, 0.2) is 36.5 Å². The molecular weight excluding hydrogens is 329 g/mol. The van der Waals surface area contributed by atoms with Crippen LogP contribution < -0.4 is 0 Å². The number of aliphatic hydroxyl groups excluding tert-OH is 1. The Morgan fingerprint density at radius 2 is 1.83 bits per heavy atom. The SMILES string of the molecule is OC1c2c(C(F)(F)F)cn(/C=C/c3ccccc3)c2CCC1(F)F. The Morgan fingerprint density at radius 3 is 2.46 bits per heavy atom. The topological polar surface area (TPSA) is 25.2 Å². The molecule has 1 heterocycles. The maximum atomic E-state index is 13.7. The first-order valence-electron chi connectivity index (χ1n) is 7.30. The van der Waals surface area contributed by atoms with E-state index >= 15 is 0 Å². The molecule has 1 atom stereocenters. The monoisotopic (exact) mass is 343 g/mol. The van der Waals surface area contributed by atoms with E-state index in [1.807, 2.05) is 0 Å². The lowest BCUT2D eigenvalue weighted by molar-refractivity contribution is -0.147. The van der Waals surface area contributed by atoms with Crippen molar-refractivity contribution in [2.75, 3.05) is 0 Å². The van der Waals surface area contributed by atoms with Crippen LogP contribution in [0.4, 0.5) is 22.0 Å². The molecule has 2 nitrogen and oxygen atoms in total. The summed E-state index contributed by atoms with van der Waals surface area (Å²) in [5.41, 5.74) is -1.12. The number of alkyl halides is 5. The molecular formula is C17H14F5NO. The molecule has 1 aromatic carbocycles. The molecule has 0 bridgehead atoms. The second kappa shape index (κ2) is 5.73. The fraction of sp³-hybridized carbons (Fsp3) is 0.294. The van der Waals surface area contributed by atoms with Crippen molar-refractivity contribution in [3.63, 3.8) is 0 Å². The number of hydrogen-bond donors (Lipinski definition) is 1. The Bertz CT molecular complexity index is 761. The van der Waals surface area contributed by atoms with Crippen LogP contribution in [0.2, 0.25) is 0 Å². The zero-order valence-corrected chi connectivity index (χ0v) is 12.4. The summed E-state index contributed by atoms with van der Waals surface area (Å²) in [6.07, 6.45) is -4.47. The lowest BCUT2D eigenvalue weighted by atomic mass is 9.89. The fourth-order valence-corrected chi connectivity index (χ4v) is 2.87. The number of nitrogens with zero attached hydrogens (tertiary/aromatic N) is 1. The van der Waals surface area contributed by atoms with Gasteiger partial charge in [-0.25, -0.2) is 8.78 Å². The largest absolute Gasteiger partial charge is 0.418 e. The van der Waals surface area contributed by atoms with Crippen molar-refractivity contribution in [3.05, 3.63) is 58.9 Å². The second-order valence-electron chi connectivity index (χ2n) is 5.70.